The SMILES string of the molecule is NC(=O)/C=C(/C(N)=O)N(CCO)CCO.O=P(O)(O)OP(=O)(O)O. The van der Waals surface area contributed by atoms with Crippen LogP contribution in [0, 0.1) is 0 Å². The minimum absolute atomic E-state index is 0.0859. The van der Waals surface area contributed by atoms with Crippen molar-refractivity contribution in [3.8, 4) is 0 Å². The molecule has 0 aromatic rings. The summed E-state index contributed by atoms with van der Waals surface area (Å²) in [5.74, 6) is -1.65. The average Bonchev–Trinajstić information content (AvgIpc) is 2.31. The number of hydrogen-bond acceptors (Lipinski definition) is 8. The van der Waals surface area contributed by atoms with E-state index in [0.29, 0.717) is 0 Å². The number of hydrogen-bond donors (Lipinski definition) is 8. The molecule has 0 aliphatic heterocycles. The minimum atomic E-state index is -5.05. The van der Waals surface area contributed by atoms with E-state index >= 15 is 0 Å². The molecular formula is C8H19N3O11P2. The van der Waals surface area contributed by atoms with Crippen LogP contribution in [-0.2, 0) is 23.0 Å². The molecule has 0 saturated heterocycles. The molecule has 10 N–H and O–H groups in total. The summed E-state index contributed by atoms with van der Waals surface area (Å²) in [6.45, 7) is -0.294. The summed E-state index contributed by atoms with van der Waals surface area (Å²) in [7, 11) is -10.1. The summed E-state index contributed by atoms with van der Waals surface area (Å²) in [6.07, 6.45) is 0.869. The Morgan fingerprint density at radius 3 is 1.50 bits per heavy atom. The molecule has 0 aromatic heterocycles. The quantitative estimate of drug-likeness (QED) is 0.139. The number of carbonyl (C=O) groups is 2. The number of phosphoric acid groups is 2. The predicted octanol–water partition coefficient (Wildman–Crippen LogP) is -3.68. The zero-order valence-electron chi connectivity index (χ0n) is 12.1. The van der Waals surface area contributed by atoms with Gasteiger partial charge in [0, 0.05) is 19.2 Å². The van der Waals surface area contributed by atoms with Gasteiger partial charge in [-0.2, -0.15) is 4.31 Å². The van der Waals surface area contributed by atoms with Gasteiger partial charge < -0.3 is 46.2 Å². The number of aliphatic hydroxyl groups is 2. The Labute approximate surface area is 135 Å². The fourth-order valence-electron chi connectivity index (χ4n) is 1.19. The van der Waals surface area contributed by atoms with Crippen LogP contribution in [0.1, 0.15) is 0 Å². The molecule has 14 nitrogen and oxygen atoms in total. The third-order valence-electron chi connectivity index (χ3n) is 1.82. The van der Waals surface area contributed by atoms with Crippen LogP contribution < -0.4 is 11.5 Å². The standard InChI is InChI=1S/C8H15N3O4.H4O7P2/c9-7(14)5-6(8(10)15)11(1-3-12)2-4-13;1-8(2,3)7-9(4,5)6/h5,12-13H,1-4H2,(H2,9,14)(H2,10,15);(H2,1,2,3)(H2,4,5,6)/b6-5-;. The van der Waals surface area contributed by atoms with Crippen molar-refractivity contribution in [3.63, 3.8) is 0 Å². The first-order chi connectivity index (χ1) is 10.7. The van der Waals surface area contributed by atoms with E-state index in [1.54, 1.807) is 0 Å². The number of nitrogens with two attached hydrogens (primary N) is 2. The molecule has 0 heterocycles. The van der Waals surface area contributed by atoms with E-state index in [9.17, 15) is 18.7 Å². The number of aliphatic hydroxyl groups excluding tert-OH is 2. The van der Waals surface area contributed by atoms with Gasteiger partial charge >= 0.3 is 15.6 Å². The summed E-state index contributed by atoms with van der Waals surface area (Å²) in [6, 6.07) is 0. The van der Waals surface area contributed by atoms with E-state index in [2.05, 4.69) is 4.31 Å². The molecule has 0 bridgehead atoms. The molecule has 0 saturated carbocycles. The Hall–Kier alpha value is -1.34. The highest BCUT2D eigenvalue weighted by Gasteiger charge is 2.27. The van der Waals surface area contributed by atoms with Crippen molar-refractivity contribution in [2.24, 2.45) is 11.5 Å². The lowest BCUT2D eigenvalue weighted by Gasteiger charge is -2.23. The van der Waals surface area contributed by atoms with Gasteiger partial charge in [-0.3, -0.25) is 9.59 Å². The van der Waals surface area contributed by atoms with Crippen LogP contribution in [0.3, 0.4) is 0 Å². The number of rotatable bonds is 9. The second-order valence-corrected chi connectivity index (χ2v) is 6.41. The molecule has 0 radical (unpaired) electrons. The second kappa shape index (κ2) is 11.3. The van der Waals surface area contributed by atoms with Crippen molar-refractivity contribution >= 4 is 27.5 Å². The van der Waals surface area contributed by atoms with E-state index in [-0.39, 0.29) is 32.0 Å². The highest BCUT2D eigenvalue weighted by atomic mass is 31.3. The fourth-order valence-corrected chi connectivity index (χ4v) is 2.29. The Morgan fingerprint density at radius 1 is 0.958 bits per heavy atom. The lowest BCUT2D eigenvalue weighted by molar-refractivity contribution is -0.117. The third kappa shape index (κ3) is 15.6. The summed E-state index contributed by atoms with van der Waals surface area (Å²) in [4.78, 5) is 53.9. The van der Waals surface area contributed by atoms with Crippen molar-refractivity contribution < 1.29 is 52.8 Å². The minimum Gasteiger partial charge on any atom is -0.395 e. The van der Waals surface area contributed by atoms with Crippen molar-refractivity contribution in [3.05, 3.63) is 11.8 Å². The Balaban J connectivity index is 0. The number of nitrogens with zero attached hydrogens (tertiary/aromatic N) is 1. The molecular weight excluding hydrogens is 376 g/mol. The maximum atomic E-state index is 11.0. The van der Waals surface area contributed by atoms with E-state index < -0.39 is 27.5 Å². The van der Waals surface area contributed by atoms with Gasteiger partial charge in [-0.1, -0.05) is 0 Å². The molecule has 24 heavy (non-hydrogen) atoms. The van der Waals surface area contributed by atoms with Crippen molar-refractivity contribution in [1.82, 2.24) is 4.90 Å². The summed E-state index contributed by atoms with van der Waals surface area (Å²) in [5.41, 5.74) is 9.79. The van der Waals surface area contributed by atoms with Crippen LogP contribution in [0.25, 0.3) is 0 Å². The molecule has 0 spiro atoms. The average molecular weight is 395 g/mol. The van der Waals surface area contributed by atoms with E-state index in [1.165, 1.54) is 4.90 Å². The summed E-state index contributed by atoms with van der Waals surface area (Å²) >= 11 is 0. The van der Waals surface area contributed by atoms with Crippen molar-refractivity contribution in [2.75, 3.05) is 26.3 Å². The number of carbonyl (C=O) groups excluding carboxylic acids is 2. The molecule has 2 amide bonds. The topological polar surface area (TPSA) is 254 Å². The Kier molecular flexibility index (Phi) is 11.7. The van der Waals surface area contributed by atoms with Gasteiger partial charge in [0.15, 0.2) is 0 Å². The molecule has 0 aliphatic carbocycles. The molecule has 0 aromatic carbocycles. The zero-order valence-corrected chi connectivity index (χ0v) is 13.9. The largest absolute Gasteiger partial charge is 0.478 e. The second-order valence-electron chi connectivity index (χ2n) is 3.79. The monoisotopic (exact) mass is 395 g/mol. The van der Waals surface area contributed by atoms with Crippen molar-refractivity contribution in [1.29, 1.82) is 0 Å². The van der Waals surface area contributed by atoms with Crippen LogP contribution >= 0.6 is 15.6 Å². The molecule has 0 rings (SSSR count). The van der Waals surface area contributed by atoms with E-state index in [4.69, 9.17) is 41.3 Å². The molecule has 0 unspecified atom stereocenters. The Bertz CT molecular complexity index is 513. The first-order valence-electron chi connectivity index (χ1n) is 5.83. The van der Waals surface area contributed by atoms with Crippen LogP contribution in [0.5, 0.6) is 0 Å². The summed E-state index contributed by atoms with van der Waals surface area (Å²) < 4.78 is 22.2. The number of amides is 2. The van der Waals surface area contributed by atoms with Gasteiger partial charge in [0.2, 0.25) is 5.91 Å². The molecule has 0 atom stereocenters. The van der Waals surface area contributed by atoms with Crippen LogP contribution in [0.4, 0.5) is 0 Å². The molecule has 0 fully saturated rings. The maximum absolute atomic E-state index is 11.0. The molecule has 0 aliphatic rings. The predicted molar refractivity (Wildman–Crippen MR) is 77.4 cm³/mol. The first-order valence-corrected chi connectivity index (χ1v) is 8.89. The maximum Gasteiger partial charge on any atom is 0.478 e. The van der Waals surface area contributed by atoms with Crippen LogP contribution in [0.15, 0.2) is 11.8 Å². The summed E-state index contributed by atoms with van der Waals surface area (Å²) in [5, 5.41) is 17.4. The van der Waals surface area contributed by atoms with Gasteiger partial charge in [0.1, 0.15) is 5.70 Å². The lowest BCUT2D eigenvalue weighted by Crippen LogP contribution is -2.36. The Morgan fingerprint density at radius 2 is 1.33 bits per heavy atom. The zero-order chi connectivity index (χ0) is 19.6. The highest BCUT2D eigenvalue weighted by Crippen LogP contribution is 2.53. The normalized spacial score (nSPS) is 12.2. The fraction of sp³-hybridized carbons (Fsp3) is 0.500. The third-order valence-corrected chi connectivity index (χ3v) is 3.53. The van der Waals surface area contributed by atoms with Crippen molar-refractivity contribution in [2.45, 2.75) is 0 Å². The smallest absolute Gasteiger partial charge is 0.395 e. The van der Waals surface area contributed by atoms with E-state index in [0.717, 1.165) is 6.08 Å². The van der Waals surface area contributed by atoms with Gasteiger partial charge in [0.05, 0.1) is 13.2 Å². The van der Waals surface area contributed by atoms with Crippen LogP contribution in [0.2, 0.25) is 0 Å². The first kappa shape index (κ1) is 24.9. The van der Waals surface area contributed by atoms with E-state index in [1.807, 2.05) is 0 Å². The van der Waals surface area contributed by atoms with Gasteiger partial charge in [-0.05, 0) is 0 Å². The van der Waals surface area contributed by atoms with Gasteiger partial charge in [-0.25, -0.2) is 9.13 Å². The molecule has 142 valence electrons. The lowest BCUT2D eigenvalue weighted by atomic mass is 10.3. The number of primary amides is 2. The molecule has 16 heteroatoms. The van der Waals surface area contributed by atoms with Gasteiger partial charge in [-0.15, -0.1) is 0 Å². The van der Waals surface area contributed by atoms with Gasteiger partial charge in [0.25, 0.3) is 5.91 Å². The highest BCUT2D eigenvalue weighted by molar-refractivity contribution is 7.60. The van der Waals surface area contributed by atoms with Crippen LogP contribution in [-0.4, -0.2) is 72.8 Å².